The van der Waals surface area contributed by atoms with E-state index in [1.807, 2.05) is 0 Å². The maximum atomic E-state index is 11.5. The smallest absolute Gasteiger partial charge is 0.293 e. The van der Waals surface area contributed by atoms with Crippen molar-refractivity contribution in [2.24, 2.45) is 0 Å². The Balaban J connectivity index is 1.83. The van der Waals surface area contributed by atoms with Crippen LogP contribution in [-0.4, -0.2) is 18.4 Å². The monoisotopic (exact) mass is 260 g/mol. The second-order valence-electron chi connectivity index (χ2n) is 3.72. The SMILES string of the molecule is Nc1cccc(OCC(=O)NC(=O)c2ccco2)c1. The van der Waals surface area contributed by atoms with Gasteiger partial charge in [-0.25, -0.2) is 0 Å². The molecular weight excluding hydrogens is 248 g/mol. The molecule has 98 valence electrons. The van der Waals surface area contributed by atoms with Gasteiger partial charge in [0.25, 0.3) is 11.8 Å². The van der Waals surface area contributed by atoms with Gasteiger partial charge in [0, 0.05) is 11.8 Å². The number of rotatable bonds is 4. The van der Waals surface area contributed by atoms with E-state index in [1.165, 1.54) is 12.3 Å². The van der Waals surface area contributed by atoms with Crippen LogP contribution in [0.15, 0.2) is 47.1 Å². The number of nitrogens with one attached hydrogen (secondary N) is 1. The number of hydrogen-bond donors (Lipinski definition) is 2. The Morgan fingerprint density at radius 3 is 2.79 bits per heavy atom. The zero-order valence-electron chi connectivity index (χ0n) is 9.96. The minimum Gasteiger partial charge on any atom is -0.484 e. The summed E-state index contributed by atoms with van der Waals surface area (Å²) >= 11 is 0. The van der Waals surface area contributed by atoms with Crippen LogP contribution in [0.2, 0.25) is 0 Å². The first-order chi connectivity index (χ1) is 9.15. The van der Waals surface area contributed by atoms with Crippen molar-refractivity contribution in [2.45, 2.75) is 0 Å². The van der Waals surface area contributed by atoms with Crippen molar-refractivity contribution in [1.29, 1.82) is 0 Å². The normalized spacial score (nSPS) is 9.89. The molecule has 6 heteroatoms. The average molecular weight is 260 g/mol. The molecule has 1 aromatic carbocycles. The van der Waals surface area contributed by atoms with E-state index in [2.05, 4.69) is 5.32 Å². The van der Waals surface area contributed by atoms with E-state index in [-0.39, 0.29) is 12.4 Å². The third-order valence-electron chi connectivity index (χ3n) is 2.23. The summed E-state index contributed by atoms with van der Waals surface area (Å²) in [6.45, 7) is -0.282. The second kappa shape index (κ2) is 5.72. The van der Waals surface area contributed by atoms with E-state index in [9.17, 15) is 9.59 Å². The fourth-order valence-corrected chi connectivity index (χ4v) is 1.39. The number of imide groups is 1. The summed E-state index contributed by atoms with van der Waals surface area (Å²) in [5, 5.41) is 2.14. The molecule has 0 fully saturated rings. The number of carbonyl (C=O) groups is 2. The summed E-state index contributed by atoms with van der Waals surface area (Å²) < 4.78 is 10.0. The van der Waals surface area contributed by atoms with Gasteiger partial charge in [-0.1, -0.05) is 6.07 Å². The maximum absolute atomic E-state index is 11.5. The Morgan fingerprint density at radius 1 is 1.26 bits per heavy atom. The number of benzene rings is 1. The molecule has 0 aliphatic rings. The largest absolute Gasteiger partial charge is 0.484 e. The average Bonchev–Trinajstić information content (AvgIpc) is 2.90. The Labute approximate surface area is 109 Å². The van der Waals surface area contributed by atoms with E-state index in [0.29, 0.717) is 11.4 Å². The minimum atomic E-state index is -0.605. The standard InChI is InChI=1S/C13H12N2O4/c14-9-3-1-4-10(7-9)19-8-12(16)15-13(17)11-5-2-6-18-11/h1-7H,8,14H2,(H,15,16,17). The number of amides is 2. The Bertz CT molecular complexity index is 578. The van der Waals surface area contributed by atoms with Gasteiger partial charge >= 0.3 is 0 Å². The van der Waals surface area contributed by atoms with Gasteiger partial charge in [0.05, 0.1) is 6.26 Å². The molecule has 0 aliphatic carbocycles. The summed E-state index contributed by atoms with van der Waals surface area (Å²) in [5.41, 5.74) is 6.09. The van der Waals surface area contributed by atoms with E-state index in [1.54, 1.807) is 30.3 Å². The topological polar surface area (TPSA) is 94.6 Å². The minimum absolute atomic E-state index is 0.0669. The predicted molar refractivity (Wildman–Crippen MR) is 67.5 cm³/mol. The number of nitrogens with two attached hydrogens (primary N) is 1. The first-order valence-electron chi connectivity index (χ1n) is 5.51. The first kappa shape index (κ1) is 12.7. The van der Waals surface area contributed by atoms with Crippen LogP contribution in [0.1, 0.15) is 10.6 Å². The molecule has 0 spiro atoms. The van der Waals surface area contributed by atoms with Crippen LogP contribution in [-0.2, 0) is 4.79 Å². The van der Waals surface area contributed by atoms with E-state index in [4.69, 9.17) is 14.9 Å². The maximum Gasteiger partial charge on any atom is 0.293 e. The van der Waals surface area contributed by atoms with Crippen LogP contribution in [0.3, 0.4) is 0 Å². The molecule has 19 heavy (non-hydrogen) atoms. The van der Waals surface area contributed by atoms with E-state index in [0.717, 1.165) is 0 Å². The fourth-order valence-electron chi connectivity index (χ4n) is 1.39. The van der Waals surface area contributed by atoms with Crippen LogP contribution in [0.25, 0.3) is 0 Å². The number of ether oxygens (including phenoxy) is 1. The molecule has 0 saturated heterocycles. The molecule has 0 saturated carbocycles. The van der Waals surface area contributed by atoms with Crippen LogP contribution in [0.4, 0.5) is 5.69 Å². The molecule has 6 nitrogen and oxygen atoms in total. The zero-order valence-corrected chi connectivity index (χ0v) is 9.96. The molecule has 1 heterocycles. The van der Waals surface area contributed by atoms with Gasteiger partial charge in [0.15, 0.2) is 12.4 Å². The van der Waals surface area contributed by atoms with Crippen molar-refractivity contribution < 1.29 is 18.7 Å². The third kappa shape index (κ3) is 3.60. The molecule has 0 aliphatic heterocycles. The van der Waals surface area contributed by atoms with E-state index >= 15 is 0 Å². The molecule has 0 radical (unpaired) electrons. The molecule has 0 bridgehead atoms. The number of nitrogen functional groups attached to an aromatic ring is 1. The van der Waals surface area contributed by atoms with Crippen molar-refractivity contribution in [3.63, 3.8) is 0 Å². The summed E-state index contributed by atoms with van der Waals surface area (Å²) in [6, 6.07) is 9.67. The highest BCUT2D eigenvalue weighted by Gasteiger charge is 2.12. The van der Waals surface area contributed by atoms with Crippen molar-refractivity contribution in [3.05, 3.63) is 48.4 Å². The molecule has 2 amide bonds. The highest BCUT2D eigenvalue weighted by Crippen LogP contribution is 2.14. The number of furan rings is 1. The second-order valence-corrected chi connectivity index (χ2v) is 3.72. The zero-order chi connectivity index (χ0) is 13.7. The molecule has 3 N–H and O–H groups in total. The summed E-state index contributed by atoms with van der Waals surface area (Å²) in [4.78, 5) is 23.0. The highest BCUT2D eigenvalue weighted by molar-refractivity contribution is 6.03. The summed E-state index contributed by atoms with van der Waals surface area (Å²) in [7, 11) is 0. The van der Waals surface area contributed by atoms with Gasteiger partial charge in [0.1, 0.15) is 5.75 Å². The van der Waals surface area contributed by atoms with E-state index < -0.39 is 11.8 Å². The van der Waals surface area contributed by atoms with Crippen molar-refractivity contribution >= 4 is 17.5 Å². The third-order valence-corrected chi connectivity index (χ3v) is 2.23. The van der Waals surface area contributed by atoms with Crippen LogP contribution < -0.4 is 15.8 Å². The highest BCUT2D eigenvalue weighted by atomic mass is 16.5. The van der Waals surface area contributed by atoms with Gasteiger partial charge in [-0.3, -0.25) is 14.9 Å². The summed E-state index contributed by atoms with van der Waals surface area (Å²) in [5.74, 6) is -0.645. The predicted octanol–water partition coefficient (Wildman–Crippen LogP) is 1.20. The Morgan fingerprint density at radius 2 is 2.11 bits per heavy atom. The number of hydrogen-bond acceptors (Lipinski definition) is 5. The van der Waals surface area contributed by atoms with Gasteiger partial charge in [-0.05, 0) is 24.3 Å². The van der Waals surface area contributed by atoms with Crippen LogP contribution in [0, 0.1) is 0 Å². The molecule has 2 rings (SSSR count). The quantitative estimate of drug-likeness (QED) is 0.805. The van der Waals surface area contributed by atoms with Gasteiger partial charge in [-0.15, -0.1) is 0 Å². The van der Waals surface area contributed by atoms with Gasteiger partial charge in [0.2, 0.25) is 0 Å². The molecule has 0 atom stereocenters. The Kier molecular flexibility index (Phi) is 3.82. The molecular formula is C13H12N2O4. The molecule has 1 aromatic heterocycles. The first-order valence-corrected chi connectivity index (χ1v) is 5.51. The lowest BCUT2D eigenvalue weighted by Crippen LogP contribution is -2.34. The molecule has 2 aromatic rings. The summed E-state index contributed by atoms with van der Waals surface area (Å²) in [6.07, 6.45) is 1.35. The van der Waals surface area contributed by atoms with Gasteiger partial charge < -0.3 is 14.9 Å². The van der Waals surface area contributed by atoms with Crippen molar-refractivity contribution in [3.8, 4) is 5.75 Å². The number of carbonyl (C=O) groups excluding carboxylic acids is 2. The van der Waals surface area contributed by atoms with Crippen molar-refractivity contribution in [1.82, 2.24) is 5.32 Å². The van der Waals surface area contributed by atoms with Gasteiger partial charge in [-0.2, -0.15) is 0 Å². The Hall–Kier alpha value is -2.76. The lowest BCUT2D eigenvalue weighted by atomic mass is 10.3. The number of anilines is 1. The fraction of sp³-hybridized carbons (Fsp3) is 0.0769. The lowest BCUT2D eigenvalue weighted by molar-refractivity contribution is -0.122. The lowest BCUT2D eigenvalue weighted by Gasteiger charge is -2.06. The van der Waals surface area contributed by atoms with Crippen LogP contribution >= 0.6 is 0 Å². The van der Waals surface area contributed by atoms with Crippen molar-refractivity contribution in [2.75, 3.05) is 12.3 Å². The molecule has 0 unspecified atom stereocenters. The van der Waals surface area contributed by atoms with Crippen LogP contribution in [0.5, 0.6) is 5.75 Å².